The summed E-state index contributed by atoms with van der Waals surface area (Å²) >= 11 is 0. The van der Waals surface area contributed by atoms with E-state index >= 15 is 0 Å². The Morgan fingerprint density at radius 1 is 1.44 bits per heavy atom. The maximum atomic E-state index is 12.7. The third kappa shape index (κ3) is 4.14. The predicted molar refractivity (Wildman–Crippen MR) is 90.1 cm³/mol. The second-order valence-corrected chi connectivity index (χ2v) is 6.33. The summed E-state index contributed by atoms with van der Waals surface area (Å²) in [5.74, 6) is 2.13. The molecule has 0 radical (unpaired) electrons. The van der Waals surface area contributed by atoms with Crippen LogP contribution in [0.2, 0.25) is 0 Å². The monoisotopic (exact) mass is 345 g/mol. The van der Waals surface area contributed by atoms with Crippen molar-refractivity contribution in [2.45, 2.75) is 38.9 Å². The van der Waals surface area contributed by atoms with Crippen LogP contribution in [-0.2, 0) is 9.53 Å². The van der Waals surface area contributed by atoms with Gasteiger partial charge in [0.05, 0.1) is 19.3 Å². The standard InChI is InChI=1S/C17H23N5O3/c1-11(2)15-19-16(21-20-15)14-10-22(7-8-24-14)17(23)12(3)25-13-5-4-6-18-9-13/h4-6,9,11-12,14H,7-8,10H2,1-3H3,(H,19,20,21)/t12-,14-/m1/s1. The fourth-order valence-corrected chi connectivity index (χ4v) is 2.63. The van der Waals surface area contributed by atoms with E-state index < -0.39 is 6.10 Å². The van der Waals surface area contributed by atoms with Gasteiger partial charge in [0.15, 0.2) is 17.8 Å². The molecule has 0 saturated carbocycles. The fourth-order valence-electron chi connectivity index (χ4n) is 2.63. The SMILES string of the molecule is CC(C)c1n[nH]c([C@H]2CN(C(=O)[C@@H](C)Oc3cccnc3)CCO2)n1. The largest absolute Gasteiger partial charge is 0.479 e. The van der Waals surface area contributed by atoms with Gasteiger partial charge in [0, 0.05) is 18.7 Å². The molecular formula is C17H23N5O3. The van der Waals surface area contributed by atoms with Gasteiger partial charge in [0.25, 0.3) is 5.91 Å². The van der Waals surface area contributed by atoms with Crippen LogP contribution in [0.4, 0.5) is 0 Å². The van der Waals surface area contributed by atoms with Crippen LogP contribution in [0.1, 0.15) is 44.4 Å². The molecule has 2 aromatic heterocycles. The number of carbonyl (C=O) groups is 1. The summed E-state index contributed by atoms with van der Waals surface area (Å²) in [5.41, 5.74) is 0. The van der Waals surface area contributed by atoms with Crippen molar-refractivity contribution in [3.05, 3.63) is 36.2 Å². The number of carbonyl (C=O) groups excluding carboxylic acids is 1. The van der Waals surface area contributed by atoms with E-state index in [-0.39, 0.29) is 17.9 Å². The van der Waals surface area contributed by atoms with Crippen molar-refractivity contribution in [3.63, 3.8) is 0 Å². The van der Waals surface area contributed by atoms with Gasteiger partial charge >= 0.3 is 0 Å². The van der Waals surface area contributed by atoms with Crippen LogP contribution in [0.15, 0.2) is 24.5 Å². The van der Waals surface area contributed by atoms with Gasteiger partial charge in [-0.25, -0.2) is 4.98 Å². The first-order valence-electron chi connectivity index (χ1n) is 8.44. The van der Waals surface area contributed by atoms with Crippen molar-refractivity contribution in [3.8, 4) is 5.75 Å². The molecular weight excluding hydrogens is 322 g/mol. The topological polar surface area (TPSA) is 93.2 Å². The summed E-state index contributed by atoms with van der Waals surface area (Å²) < 4.78 is 11.4. The number of pyridine rings is 1. The summed E-state index contributed by atoms with van der Waals surface area (Å²) in [7, 11) is 0. The predicted octanol–water partition coefficient (Wildman–Crippen LogP) is 1.69. The number of aromatic nitrogens is 4. The molecule has 3 rings (SSSR count). The first-order valence-corrected chi connectivity index (χ1v) is 8.44. The van der Waals surface area contributed by atoms with Crippen molar-refractivity contribution in [2.75, 3.05) is 19.7 Å². The molecule has 25 heavy (non-hydrogen) atoms. The Morgan fingerprint density at radius 3 is 2.96 bits per heavy atom. The molecule has 0 aliphatic carbocycles. The van der Waals surface area contributed by atoms with Crippen molar-refractivity contribution in [1.82, 2.24) is 25.1 Å². The van der Waals surface area contributed by atoms with E-state index in [1.54, 1.807) is 36.4 Å². The van der Waals surface area contributed by atoms with Gasteiger partial charge in [-0.3, -0.25) is 14.9 Å². The zero-order valence-electron chi connectivity index (χ0n) is 14.7. The smallest absolute Gasteiger partial charge is 0.263 e. The molecule has 1 aliphatic heterocycles. The van der Waals surface area contributed by atoms with Gasteiger partial charge in [-0.1, -0.05) is 13.8 Å². The molecule has 0 aromatic carbocycles. The quantitative estimate of drug-likeness (QED) is 0.886. The first-order chi connectivity index (χ1) is 12.0. The highest BCUT2D eigenvalue weighted by Crippen LogP contribution is 2.21. The second-order valence-electron chi connectivity index (χ2n) is 6.33. The van der Waals surface area contributed by atoms with Crippen LogP contribution in [-0.4, -0.2) is 56.8 Å². The van der Waals surface area contributed by atoms with Crippen LogP contribution in [0.5, 0.6) is 5.75 Å². The highest BCUT2D eigenvalue weighted by atomic mass is 16.5. The molecule has 8 nitrogen and oxygen atoms in total. The number of hydrogen-bond donors (Lipinski definition) is 1. The summed E-state index contributed by atoms with van der Waals surface area (Å²) in [5, 5.41) is 7.12. The maximum Gasteiger partial charge on any atom is 0.263 e. The Hall–Kier alpha value is -2.48. The third-order valence-corrected chi connectivity index (χ3v) is 4.01. The summed E-state index contributed by atoms with van der Waals surface area (Å²) in [4.78, 5) is 22.9. The molecule has 0 bridgehead atoms. The van der Waals surface area contributed by atoms with E-state index in [2.05, 4.69) is 20.2 Å². The second kappa shape index (κ2) is 7.60. The number of nitrogens with zero attached hydrogens (tertiary/aromatic N) is 4. The van der Waals surface area contributed by atoms with Crippen molar-refractivity contribution in [2.24, 2.45) is 0 Å². The maximum absolute atomic E-state index is 12.7. The minimum atomic E-state index is -0.594. The van der Waals surface area contributed by atoms with E-state index in [0.717, 1.165) is 5.82 Å². The van der Waals surface area contributed by atoms with Gasteiger partial charge < -0.3 is 14.4 Å². The van der Waals surface area contributed by atoms with E-state index in [0.29, 0.717) is 31.3 Å². The molecule has 0 spiro atoms. The number of ether oxygens (including phenoxy) is 2. The van der Waals surface area contributed by atoms with Crippen molar-refractivity contribution < 1.29 is 14.3 Å². The Labute approximate surface area is 146 Å². The third-order valence-electron chi connectivity index (χ3n) is 4.01. The van der Waals surface area contributed by atoms with E-state index in [1.165, 1.54) is 0 Å². The Morgan fingerprint density at radius 2 is 2.28 bits per heavy atom. The van der Waals surface area contributed by atoms with Crippen molar-refractivity contribution >= 4 is 5.91 Å². The molecule has 1 amide bonds. The number of H-pyrrole nitrogens is 1. The lowest BCUT2D eigenvalue weighted by Gasteiger charge is -2.33. The molecule has 1 aliphatic rings. The fraction of sp³-hybridized carbons (Fsp3) is 0.529. The van der Waals surface area contributed by atoms with Gasteiger partial charge in [-0.2, -0.15) is 5.10 Å². The van der Waals surface area contributed by atoms with Gasteiger partial charge in [-0.05, 0) is 19.1 Å². The number of nitrogens with one attached hydrogen (secondary N) is 1. The molecule has 8 heteroatoms. The zero-order chi connectivity index (χ0) is 17.8. The average molecular weight is 345 g/mol. The Kier molecular flexibility index (Phi) is 5.28. The molecule has 1 saturated heterocycles. The highest BCUT2D eigenvalue weighted by molar-refractivity contribution is 5.81. The number of aromatic amines is 1. The molecule has 1 fully saturated rings. The normalized spacial score (nSPS) is 19.0. The Balaban J connectivity index is 1.62. The molecule has 134 valence electrons. The van der Waals surface area contributed by atoms with Gasteiger partial charge in [-0.15, -0.1) is 0 Å². The number of amides is 1. The summed E-state index contributed by atoms with van der Waals surface area (Å²) in [6, 6.07) is 3.55. The molecule has 2 aromatic rings. The molecule has 1 N–H and O–H groups in total. The van der Waals surface area contributed by atoms with E-state index in [4.69, 9.17) is 9.47 Å². The van der Waals surface area contributed by atoms with Crippen LogP contribution in [0, 0.1) is 0 Å². The number of morpholine rings is 1. The van der Waals surface area contributed by atoms with Crippen LogP contribution in [0.3, 0.4) is 0 Å². The molecule has 3 heterocycles. The lowest BCUT2D eigenvalue weighted by molar-refractivity contribution is -0.146. The van der Waals surface area contributed by atoms with E-state index in [9.17, 15) is 4.79 Å². The zero-order valence-corrected chi connectivity index (χ0v) is 14.7. The van der Waals surface area contributed by atoms with Gasteiger partial charge in [0.2, 0.25) is 0 Å². The number of rotatable bonds is 5. The lowest BCUT2D eigenvalue weighted by atomic mass is 10.2. The lowest BCUT2D eigenvalue weighted by Crippen LogP contribution is -2.47. The first kappa shape index (κ1) is 17.3. The van der Waals surface area contributed by atoms with Crippen molar-refractivity contribution in [1.29, 1.82) is 0 Å². The average Bonchev–Trinajstić information content (AvgIpc) is 3.12. The minimum Gasteiger partial charge on any atom is -0.479 e. The Bertz CT molecular complexity index is 703. The minimum absolute atomic E-state index is 0.0826. The van der Waals surface area contributed by atoms with Gasteiger partial charge in [0.1, 0.15) is 11.9 Å². The highest BCUT2D eigenvalue weighted by Gasteiger charge is 2.31. The van der Waals surface area contributed by atoms with E-state index in [1.807, 2.05) is 13.8 Å². The van der Waals surface area contributed by atoms with Crippen LogP contribution < -0.4 is 4.74 Å². The summed E-state index contributed by atoms with van der Waals surface area (Å²) in [6.07, 6.45) is 2.36. The molecule has 2 atom stereocenters. The van der Waals surface area contributed by atoms with Crippen LogP contribution >= 0.6 is 0 Å². The molecule has 0 unspecified atom stereocenters. The number of hydrogen-bond acceptors (Lipinski definition) is 6. The summed E-state index contributed by atoms with van der Waals surface area (Å²) in [6.45, 7) is 7.20. The van der Waals surface area contributed by atoms with Crippen LogP contribution in [0.25, 0.3) is 0 Å².